The van der Waals surface area contributed by atoms with Crippen LogP contribution < -0.4 is 0 Å². The number of hydrogen-bond donors (Lipinski definition) is 1. The van der Waals surface area contributed by atoms with Gasteiger partial charge in [0.05, 0.1) is 30.1 Å². The molecule has 0 amide bonds. The number of allylic oxidation sites excluding steroid dienone is 1. The summed E-state index contributed by atoms with van der Waals surface area (Å²) in [7, 11) is 1.15. The smallest absolute Gasteiger partial charge is 0.339 e. The summed E-state index contributed by atoms with van der Waals surface area (Å²) >= 11 is 5.71. The van der Waals surface area contributed by atoms with E-state index >= 15 is 0 Å². The second-order valence-electron chi connectivity index (χ2n) is 8.77. The first-order chi connectivity index (χ1) is 15.4. The zero-order valence-corrected chi connectivity index (χ0v) is 19.5. The molecule has 0 bridgehead atoms. The van der Waals surface area contributed by atoms with Gasteiger partial charge in [0.2, 0.25) is 0 Å². The number of aliphatic hydroxyl groups is 1. The zero-order valence-electron chi connectivity index (χ0n) is 18.8. The molecule has 0 aromatic carbocycles. The molecule has 0 aromatic rings. The number of carbonyl (C=O) groups excluding carboxylic acids is 4. The number of methoxy groups -OCH3 is 1. The molecule has 1 unspecified atom stereocenters. The topological polar surface area (TPSA) is 138 Å². The number of rotatable bonds is 5. The molecule has 0 saturated carbocycles. The molecule has 10 nitrogen and oxygen atoms in total. The second-order valence-corrected chi connectivity index (χ2v) is 9.04. The van der Waals surface area contributed by atoms with E-state index in [-0.39, 0.29) is 11.1 Å². The quantitative estimate of drug-likeness (QED) is 0.196. The van der Waals surface area contributed by atoms with Gasteiger partial charge in [-0.1, -0.05) is 12.7 Å². The summed E-state index contributed by atoms with van der Waals surface area (Å²) < 4.78 is 27.3. The first kappa shape index (κ1) is 25.2. The molecule has 2 aliphatic heterocycles. The van der Waals surface area contributed by atoms with E-state index in [9.17, 15) is 24.3 Å². The summed E-state index contributed by atoms with van der Waals surface area (Å²) in [5.74, 6) is -5.03. The van der Waals surface area contributed by atoms with E-state index in [1.165, 1.54) is 6.08 Å². The van der Waals surface area contributed by atoms with Gasteiger partial charge in [-0.2, -0.15) is 0 Å². The molecule has 2 fully saturated rings. The number of alkyl halides is 1. The fourth-order valence-corrected chi connectivity index (χ4v) is 4.29. The Hall–Kier alpha value is -2.43. The van der Waals surface area contributed by atoms with Crippen LogP contribution in [0, 0.1) is 5.92 Å². The average molecular weight is 487 g/mol. The molecule has 182 valence electrons. The van der Waals surface area contributed by atoms with Gasteiger partial charge >= 0.3 is 23.9 Å². The van der Waals surface area contributed by atoms with Crippen molar-refractivity contribution in [1.82, 2.24) is 0 Å². The summed E-state index contributed by atoms with van der Waals surface area (Å²) in [6.07, 6.45) is -2.09. The molecule has 33 heavy (non-hydrogen) atoms. The van der Waals surface area contributed by atoms with Gasteiger partial charge in [0.1, 0.15) is 12.2 Å². The molecular formula is C22H27ClO10. The number of halogens is 1. The third-order valence-electron chi connectivity index (χ3n) is 6.12. The van der Waals surface area contributed by atoms with Crippen molar-refractivity contribution in [2.24, 2.45) is 5.92 Å². The number of esters is 4. The van der Waals surface area contributed by atoms with Crippen LogP contribution in [0.3, 0.4) is 0 Å². The van der Waals surface area contributed by atoms with Crippen LogP contribution in [0.15, 0.2) is 23.8 Å². The van der Waals surface area contributed by atoms with Crippen molar-refractivity contribution >= 4 is 35.5 Å². The predicted molar refractivity (Wildman–Crippen MR) is 112 cm³/mol. The Morgan fingerprint density at radius 1 is 1.36 bits per heavy atom. The Bertz CT molecular complexity index is 909. The minimum absolute atomic E-state index is 0.0527. The van der Waals surface area contributed by atoms with Crippen molar-refractivity contribution in [2.75, 3.05) is 13.0 Å². The summed E-state index contributed by atoms with van der Waals surface area (Å²) in [5.41, 5.74) is -2.90. The highest BCUT2D eigenvalue weighted by Gasteiger charge is 2.65. The Morgan fingerprint density at radius 2 is 2.03 bits per heavy atom. The lowest BCUT2D eigenvalue weighted by Gasteiger charge is -2.35. The predicted octanol–water partition coefficient (Wildman–Crippen LogP) is 0.968. The highest BCUT2D eigenvalue weighted by Crippen LogP contribution is 2.50. The monoisotopic (exact) mass is 486 g/mol. The van der Waals surface area contributed by atoms with Crippen molar-refractivity contribution in [3.63, 3.8) is 0 Å². The minimum Gasteiger partial charge on any atom is -0.466 e. The molecule has 0 radical (unpaired) electrons. The third-order valence-corrected chi connectivity index (χ3v) is 6.64. The zero-order chi connectivity index (χ0) is 24.7. The van der Waals surface area contributed by atoms with E-state index in [1.54, 1.807) is 0 Å². The van der Waals surface area contributed by atoms with Gasteiger partial charge in [0, 0.05) is 12.5 Å². The van der Waals surface area contributed by atoms with Crippen molar-refractivity contribution in [1.29, 1.82) is 0 Å². The largest absolute Gasteiger partial charge is 0.466 e. The van der Waals surface area contributed by atoms with Crippen molar-refractivity contribution in [3.8, 4) is 0 Å². The SMILES string of the molecule is C=C1C(=O)O[C@H]2[C@H]1[C@@H](OC(=O)C(C)(O)CCl)[C@@H](OC(C)=O)C(C(=O)OC)=CCC[C@@]1(C)O[C@H]21. The Kier molecular flexibility index (Phi) is 6.93. The van der Waals surface area contributed by atoms with Crippen LogP contribution >= 0.6 is 11.6 Å². The summed E-state index contributed by atoms with van der Waals surface area (Å²) in [6, 6.07) is 0. The molecule has 1 N–H and O–H groups in total. The van der Waals surface area contributed by atoms with Gasteiger partial charge in [0.25, 0.3) is 0 Å². The molecule has 0 aromatic heterocycles. The lowest BCUT2D eigenvalue weighted by molar-refractivity contribution is -0.183. The molecule has 2 saturated heterocycles. The standard InChI is InChI=1S/C22H27ClO10/c1-10-13-15(32-20(27)21(3,28)9-23)14(30-11(2)24)12(19(26)29-5)7-6-8-22(4)17(33-22)16(13)31-18(10)25/h7,13-17,28H,1,6,8-9H2,2-5H3/t13-,14+,15-,16+,17-,21?,22-/m1/s1. The number of ether oxygens (including phenoxy) is 5. The summed E-state index contributed by atoms with van der Waals surface area (Å²) in [6.45, 7) is 7.87. The van der Waals surface area contributed by atoms with Crippen molar-refractivity contribution in [3.05, 3.63) is 23.8 Å². The number of carbonyl (C=O) groups is 4. The lowest BCUT2D eigenvalue weighted by atomic mass is 9.80. The maximum absolute atomic E-state index is 12.8. The molecule has 3 aliphatic rings. The molecule has 2 heterocycles. The van der Waals surface area contributed by atoms with Gasteiger partial charge in [0.15, 0.2) is 17.8 Å². The normalized spacial score (nSPS) is 35.1. The molecule has 7 atom stereocenters. The van der Waals surface area contributed by atoms with Crippen LogP contribution in [-0.4, -0.2) is 77.6 Å². The fourth-order valence-electron chi connectivity index (χ4n) is 4.18. The first-order valence-corrected chi connectivity index (χ1v) is 10.9. The van der Waals surface area contributed by atoms with Crippen LogP contribution in [0.4, 0.5) is 0 Å². The Morgan fingerprint density at radius 3 is 2.61 bits per heavy atom. The second kappa shape index (κ2) is 9.08. The molecular weight excluding hydrogens is 460 g/mol. The van der Waals surface area contributed by atoms with E-state index in [0.29, 0.717) is 12.8 Å². The Balaban J connectivity index is 2.17. The van der Waals surface area contributed by atoms with Crippen molar-refractivity contribution < 1.29 is 48.0 Å². The van der Waals surface area contributed by atoms with Gasteiger partial charge in [-0.05, 0) is 26.7 Å². The van der Waals surface area contributed by atoms with Gasteiger partial charge in [-0.3, -0.25) is 4.79 Å². The molecule has 1 aliphatic carbocycles. The molecule has 3 rings (SSSR count). The molecule has 11 heteroatoms. The van der Waals surface area contributed by atoms with E-state index in [1.807, 2.05) is 6.92 Å². The summed E-state index contributed by atoms with van der Waals surface area (Å²) in [5, 5.41) is 10.3. The van der Waals surface area contributed by atoms with Crippen LogP contribution in [0.25, 0.3) is 0 Å². The first-order valence-electron chi connectivity index (χ1n) is 10.4. The maximum Gasteiger partial charge on any atom is 0.339 e. The van der Waals surface area contributed by atoms with Crippen LogP contribution in [-0.2, 0) is 42.9 Å². The maximum atomic E-state index is 12.8. The van der Waals surface area contributed by atoms with E-state index in [2.05, 4.69) is 6.58 Å². The van der Waals surface area contributed by atoms with Gasteiger partial charge < -0.3 is 28.8 Å². The third kappa shape index (κ3) is 4.78. The van der Waals surface area contributed by atoms with Crippen LogP contribution in [0.2, 0.25) is 0 Å². The number of fused-ring (bicyclic) bond motifs is 3. The highest BCUT2D eigenvalue weighted by molar-refractivity contribution is 6.20. The van der Waals surface area contributed by atoms with E-state index in [0.717, 1.165) is 21.0 Å². The summed E-state index contributed by atoms with van der Waals surface area (Å²) in [4.78, 5) is 50.0. The van der Waals surface area contributed by atoms with E-state index in [4.69, 9.17) is 35.3 Å². The number of epoxide rings is 1. The number of hydrogen-bond acceptors (Lipinski definition) is 10. The Labute approximate surface area is 195 Å². The van der Waals surface area contributed by atoms with Crippen LogP contribution in [0.5, 0.6) is 0 Å². The minimum atomic E-state index is -2.10. The average Bonchev–Trinajstić information content (AvgIpc) is 3.34. The van der Waals surface area contributed by atoms with Crippen LogP contribution in [0.1, 0.15) is 33.6 Å². The van der Waals surface area contributed by atoms with Gasteiger partial charge in [-0.25, -0.2) is 14.4 Å². The lowest BCUT2D eigenvalue weighted by Crippen LogP contribution is -2.51. The van der Waals surface area contributed by atoms with E-state index < -0.39 is 71.3 Å². The fraction of sp³-hybridized carbons (Fsp3) is 0.636. The van der Waals surface area contributed by atoms with Crippen molar-refractivity contribution in [2.45, 2.75) is 69.2 Å². The van der Waals surface area contributed by atoms with Gasteiger partial charge in [-0.15, -0.1) is 11.6 Å². The highest BCUT2D eigenvalue weighted by atomic mass is 35.5. The molecule has 0 spiro atoms.